The SMILES string of the molecule is COc1c2cc(-c3ccc(Cl)cc3Cl)c(=O)oc2cc2oc(C)cc(=O)c12. The molecule has 0 amide bonds. The number of hydrogen-bond donors (Lipinski definition) is 0. The van der Waals surface area contributed by atoms with Crippen molar-refractivity contribution in [3.63, 3.8) is 0 Å². The second kappa shape index (κ2) is 6.44. The van der Waals surface area contributed by atoms with Gasteiger partial charge in [0.15, 0.2) is 5.43 Å². The highest BCUT2D eigenvalue weighted by Crippen LogP contribution is 2.36. The van der Waals surface area contributed by atoms with Crippen LogP contribution in [-0.2, 0) is 0 Å². The maximum atomic E-state index is 12.5. The zero-order valence-corrected chi connectivity index (χ0v) is 15.8. The Morgan fingerprint density at radius 1 is 0.926 bits per heavy atom. The van der Waals surface area contributed by atoms with Crippen molar-refractivity contribution in [1.29, 1.82) is 0 Å². The molecule has 0 fully saturated rings. The van der Waals surface area contributed by atoms with Crippen LogP contribution >= 0.6 is 23.2 Å². The lowest BCUT2D eigenvalue weighted by Crippen LogP contribution is -2.06. The molecule has 0 aliphatic heterocycles. The van der Waals surface area contributed by atoms with Crippen LogP contribution in [0.5, 0.6) is 5.75 Å². The van der Waals surface area contributed by atoms with Crippen LogP contribution in [0.4, 0.5) is 0 Å². The van der Waals surface area contributed by atoms with E-state index in [0.717, 1.165) is 0 Å². The van der Waals surface area contributed by atoms with Crippen molar-refractivity contribution in [1.82, 2.24) is 0 Å². The van der Waals surface area contributed by atoms with Crippen molar-refractivity contribution in [2.24, 2.45) is 0 Å². The Kier molecular flexibility index (Phi) is 4.21. The third-order valence-electron chi connectivity index (χ3n) is 4.23. The van der Waals surface area contributed by atoms with Gasteiger partial charge in [-0.15, -0.1) is 0 Å². The summed E-state index contributed by atoms with van der Waals surface area (Å²) < 4.78 is 16.5. The fourth-order valence-corrected chi connectivity index (χ4v) is 3.60. The summed E-state index contributed by atoms with van der Waals surface area (Å²) in [5, 5.41) is 1.49. The van der Waals surface area contributed by atoms with Gasteiger partial charge in [0.05, 0.1) is 23.1 Å². The van der Waals surface area contributed by atoms with E-state index in [1.807, 2.05) is 0 Å². The first-order valence-corrected chi connectivity index (χ1v) is 8.69. The number of ether oxygens (including phenoxy) is 1. The highest BCUT2D eigenvalue weighted by Gasteiger charge is 2.19. The van der Waals surface area contributed by atoms with E-state index < -0.39 is 5.63 Å². The molecule has 4 rings (SSSR count). The van der Waals surface area contributed by atoms with Gasteiger partial charge in [-0.05, 0) is 25.1 Å². The van der Waals surface area contributed by atoms with Crippen molar-refractivity contribution in [2.75, 3.05) is 7.11 Å². The van der Waals surface area contributed by atoms with Crippen LogP contribution in [0.1, 0.15) is 5.76 Å². The Morgan fingerprint density at radius 3 is 2.41 bits per heavy atom. The van der Waals surface area contributed by atoms with E-state index in [9.17, 15) is 9.59 Å². The molecule has 2 aromatic heterocycles. The highest BCUT2D eigenvalue weighted by atomic mass is 35.5. The zero-order chi connectivity index (χ0) is 19.3. The van der Waals surface area contributed by atoms with Crippen molar-refractivity contribution in [3.05, 3.63) is 72.8 Å². The molecule has 0 bridgehead atoms. The largest absolute Gasteiger partial charge is 0.495 e. The van der Waals surface area contributed by atoms with Crippen molar-refractivity contribution in [3.8, 4) is 16.9 Å². The average Bonchev–Trinajstić information content (AvgIpc) is 2.59. The highest BCUT2D eigenvalue weighted by molar-refractivity contribution is 6.36. The molecule has 0 atom stereocenters. The number of halogens is 2. The quantitative estimate of drug-likeness (QED) is 0.340. The maximum absolute atomic E-state index is 12.5. The standard InChI is InChI=1S/C20H12Cl2O5/c1-9-5-15(23)18-17(26-9)8-16-13(19(18)25-2)7-12(20(24)27-16)11-4-3-10(21)6-14(11)22/h3-8H,1-2H3. The van der Waals surface area contributed by atoms with Gasteiger partial charge in [0.1, 0.15) is 28.1 Å². The molecule has 0 saturated carbocycles. The minimum Gasteiger partial charge on any atom is -0.495 e. The van der Waals surface area contributed by atoms with E-state index >= 15 is 0 Å². The van der Waals surface area contributed by atoms with Crippen LogP contribution in [-0.4, -0.2) is 7.11 Å². The normalized spacial score (nSPS) is 11.3. The molecule has 4 aromatic rings. The summed E-state index contributed by atoms with van der Waals surface area (Å²) in [4.78, 5) is 25.0. The predicted molar refractivity (Wildman–Crippen MR) is 105 cm³/mol. The Hall–Kier alpha value is -2.76. The predicted octanol–water partition coefficient (Wildman–Crippen LogP) is 5.19. The van der Waals surface area contributed by atoms with Crippen molar-refractivity contribution < 1.29 is 13.6 Å². The lowest BCUT2D eigenvalue weighted by atomic mass is 10.0. The fraction of sp³-hybridized carbons (Fsp3) is 0.100. The first-order valence-electron chi connectivity index (χ1n) is 7.94. The van der Waals surface area contributed by atoms with Gasteiger partial charge < -0.3 is 13.6 Å². The summed E-state index contributed by atoms with van der Waals surface area (Å²) >= 11 is 12.2. The molecule has 27 heavy (non-hydrogen) atoms. The Labute approximate surface area is 162 Å². The van der Waals surface area contributed by atoms with Crippen LogP contribution in [0, 0.1) is 6.92 Å². The molecule has 7 heteroatoms. The van der Waals surface area contributed by atoms with Crippen LogP contribution in [0.3, 0.4) is 0 Å². The monoisotopic (exact) mass is 402 g/mol. The number of hydrogen-bond acceptors (Lipinski definition) is 5. The molecular formula is C20H12Cl2O5. The summed E-state index contributed by atoms with van der Waals surface area (Å²) in [6.45, 7) is 1.67. The van der Waals surface area contributed by atoms with E-state index in [0.29, 0.717) is 26.8 Å². The van der Waals surface area contributed by atoms with Gasteiger partial charge in [0, 0.05) is 22.7 Å². The third-order valence-corrected chi connectivity index (χ3v) is 4.78. The van der Waals surface area contributed by atoms with Gasteiger partial charge in [-0.25, -0.2) is 4.79 Å². The Balaban J connectivity index is 2.14. The topological polar surface area (TPSA) is 69.7 Å². The van der Waals surface area contributed by atoms with Gasteiger partial charge in [-0.3, -0.25) is 4.79 Å². The fourth-order valence-electron chi connectivity index (χ4n) is 3.09. The summed E-state index contributed by atoms with van der Waals surface area (Å²) in [6, 6.07) is 9.28. The molecule has 0 aliphatic rings. The smallest absolute Gasteiger partial charge is 0.344 e. The number of fused-ring (bicyclic) bond motifs is 2. The molecule has 0 N–H and O–H groups in total. The second-order valence-electron chi connectivity index (χ2n) is 5.99. The van der Waals surface area contributed by atoms with Gasteiger partial charge in [-0.2, -0.15) is 0 Å². The number of methoxy groups -OCH3 is 1. The zero-order valence-electron chi connectivity index (χ0n) is 14.3. The van der Waals surface area contributed by atoms with Gasteiger partial charge >= 0.3 is 5.63 Å². The molecule has 0 spiro atoms. The number of benzene rings is 2. The van der Waals surface area contributed by atoms with Gasteiger partial charge in [0.25, 0.3) is 0 Å². The van der Waals surface area contributed by atoms with Crippen LogP contribution in [0.2, 0.25) is 10.0 Å². The van der Waals surface area contributed by atoms with E-state index in [1.165, 1.54) is 25.3 Å². The van der Waals surface area contributed by atoms with Crippen LogP contribution in [0.25, 0.3) is 33.1 Å². The first kappa shape index (κ1) is 17.6. The van der Waals surface area contributed by atoms with Crippen LogP contribution in [0.15, 0.2) is 54.8 Å². The number of rotatable bonds is 2. The molecule has 0 aliphatic carbocycles. The maximum Gasteiger partial charge on any atom is 0.344 e. The Bertz CT molecular complexity index is 1330. The summed E-state index contributed by atoms with van der Waals surface area (Å²) in [7, 11) is 1.44. The molecule has 2 aromatic carbocycles. The molecule has 5 nitrogen and oxygen atoms in total. The minimum atomic E-state index is -0.580. The van der Waals surface area contributed by atoms with Gasteiger partial charge in [0.2, 0.25) is 0 Å². The molecule has 0 saturated heterocycles. The van der Waals surface area contributed by atoms with E-state index in [2.05, 4.69) is 0 Å². The summed E-state index contributed by atoms with van der Waals surface area (Å²) in [6.07, 6.45) is 0. The van der Waals surface area contributed by atoms with Crippen LogP contribution < -0.4 is 15.8 Å². The summed E-state index contributed by atoms with van der Waals surface area (Å²) in [5.41, 5.74) is 0.401. The Morgan fingerprint density at radius 2 is 1.70 bits per heavy atom. The van der Waals surface area contributed by atoms with Crippen molar-refractivity contribution >= 4 is 45.1 Å². The van der Waals surface area contributed by atoms with E-state index in [1.54, 1.807) is 25.1 Å². The molecule has 0 unspecified atom stereocenters. The molecule has 0 radical (unpaired) electrons. The minimum absolute atomic E-state index is 0.235. The van der Waals surface area contributed by atoms with Crippen molar-refractivity contribution in [2.45, 2.75) is 6.92 Å². The molecule has 2 heterocycles. The second-order valence-corrected chi connectivity index (χ2v) is 6.83. The average molecular weight is 403 g/mol. The van der Waals surface area contributed by atoms with Gasteiger partial charge in [-0.1, -0.05) is 29.3 Å². The molecule has 136 valence electrons. The molecular weight excluding hydrogens is 391 g/mol. The summed E-state index contributed by atoms with van der Waals surface area (Å²) in [5.74, 6) is 0.715. The third kappa shape index (κ3) is 2.89. The number of aryl methyl sites for hydroxylation is 1. The van der Waals surface area contributed by atoms with E-state index in [-0.39, 0.29) is 33.3 Å². The lowest BCUT2D eigenvalue weighted by molar-refractivity contribution is 0.422. The van der Waals surface area contributed by atoms with E-state index in [4.69, 9.17) is 36.8 Å². The first-order chi connectivity index (χ1) is 12.9. The lowest BCUT2D eigenvalue weighted by Gasteiger charge is -2.10.